The molecule has 21 heavy (non-hydrogen) atoms. The molecule has 114 valence electrons. The molecule has 0 bridgehead atoms. The molecular weight excluding hydrogens is 285 g/mol. The number of amides is 1. The number of rotatable bonds is 4. The molecule has 0 aromatic carbocycles. The number of alkyl halides is 3. The third kappa shape index (κ3) is 3.11. The maximum absolute atomic E-state index is 12.0. The Kier molecular flexibility index (Phi) is 3.30. The molecule has 0 N–H and O–H groups in total. The van der Waals surface area contributed by atoms with E-state index in [1.165, 1.54) is 6.07 Å². The van der Waals surface area contributed by atoms with E-state index in [1.807, 2.05) is 0 Å². The van der Waals surface area contributed by atoms with Crippen LogP contribution in [0.3, 0.4) is 0 Å². The van der Waals surface area contributed by atoms with E-state index in [-0.39, 0.29) is 5.75 Å². The molecule has 1 saturated carbocycles. The van der Waals surface area contributed by atoms with Gasteiger partial charge in [-0.25, -0.2) is 0 Å². The van der Waals surface area contributed by atoms with Crippen molar-refractivity contribution in [2.75, 3.05) is 13.1 Å². The Labute approximate surface area is 119 Å². The van der Waals surface area contributed by atoms with Crippen LogP contribution in [0.1, 0.15) is 18.5 Å². The summed E-state index contributed by atoms with van der Waals surface area (Å²) in [5.74, 6) is 0.206. The van der Waals surface area contributed by atoms with E-state index in [1.54, 1.807) is 11.0 Å². The van der Waals surface area contributed by atoms with Crippen LogP contribution in [0, 0.1) is 11.3 Å². The van der Waals surface area contributed by atoms with Gasteiger partial charge in [0, 0.05) is 24.2 Å². The molecule has 2 fully saturated rings. The lowest BCUT2D eigenvalue weighted by Gasteiger charge is -2.58. The van der Waals surface area contributed by atoms with E-state index < -0.39 is 6.36 Å². The SMILES string of the molecule is O=CN1CC2(CC(Cc3ccc(OC(F)(F)F)cn3)C2)C1. The zero-order chi connectivity index (χ0) is 15.1. The third-order valence-electron chi connectivity index (χ3n) is 4.20. The molecule has 4 nitrogen and oxygen atoms in total. The van der Waals surface area contributed by atoms with Crippen LogP contribution in [0.2, 0.25) is 0 Å². The number of carbonyl (C=O) groups excluding carboxylic acids is 1. The molecule has 0 atom stereocenters. The molecule has 2 aliphatic rings. The summed E-state index contributed by atoms with van der Waals surface area (Å²) < 4.78 is 39.9. The zero-order valence-electron chi connectivity index (χ0n) is 11.3. The fraction of sp³-hybridized carbons (Fsp3) is 0.571. The Morgan fingerprint density at radius 1 is 1.38 bits per heavy atom. The Balaban J connectivity index is 1.48. The van der Waals surface area contributed by atoms with E-state index >= 15 is 0 Å². The van der Waals surface area contributed by atoms with E-state index in [4.69, 9.17) is 0 Å². The fourth-order valence-electron chi connectivity index (χ4n) is 3.48. The molecule has 1 aliphatic heterocycles. The number of ether oxygens (including phenoxy) is 1. The highest BCUT2D eigenvalue weighted by atomic mass is 19.4. The number of aromatic nitrogens is 1. The van der Waals surface area contributed by atoms with Gasteiger partial charge in [0.25, 0.3) is 0 Å². The van der Waals surface area contributed by atoms with Gasteiger partial charge in [-0.2, -0.15) is 0 Å². The van der Waals surface area contributed by atoms with Gasteiger partial charge in [0.2, 0.25) is 6.41 Å². The predicted octanol–water partition coefficient (Wildman–Crippen LogP) is 2.39. The first-order chi connectivity index (χ1) is 9.87. The molecule has 2 heterocycles. The van der Waals surface area contributed by atoms with Gasteiger partial charge >= 0.3 is 6.36 Å². The maximum atomic E-state index is 12.0. The second kappa shape index (κ2) is 4.89. The molecule has 1 aromatic rings. The van der Waals surface area contributed by atoms with Crippen molar-refractivity contribution in [3.8, 4) is 5.75 Å². The van der Waals surface area contributed by atoms with Crippen molar-refractivity contribution in [1.82, 2.24) is 9.88 Å². The first-order valence-corrected chi connectivity index (χ1v) is 6.78. The monoisotopic (exact) mass is 300 g/mol. The lowest BCUT2D eigenvalue weighted by atomic mass is 9.57. The molecule has 1 amide bonds. The Hall–Kier alpha value is -1.79. The predicted molar refractivity (Wildman–Crippen MR) is 67.4 cm³/mol. The third-order valence-corrected chi connectivity index (χ3v) is 4.20. The maximum Gasteiger partial charge on any atom is 0.573 e. The number of hydrogen-bond acceptors (Lipinski definition) is 3. The van der Waals surface area contributed by atoms with Crippen molar-refractivity contribution < 1.29 is 22.7 Å². The molecule has 0 unspecified atom stereocenters. The van der Waals surface area contributed by atoms with Gasteiger partial charge in [0.05, 0.1) is 6.20 Å². The first kappa shape index (κ1) is 14.2. The summed E-state index contributed by atoms with van der Waals surface area (Å²) in [4.78, 5) is 16.3. The highest BCUT2D eigenvalue weighted by molar-refractivity contribution is 5.49. The van der Waals surface area contributed by atoms with E-state index in [2.05, 4.69) is 9.72 Å². The van der Waals surface area contributed by atoms with Gasteiger partial charge in [-0.15, -0.1) is 13.2 Å². The van der Waals surface area contributed by atoms with Crippen molar-refractivity contribution >= 4 is 6.41 Å². The summed E-state index contributed by atoms with van der Waals surface area (Å²) in [6, 6.07) is 2.87. The van der Waals surface area contributed by atoms with E-state index in [0.29, 0.717) is 11.3 Å². The number of nitrogens with zero attached hydrogens (tertiary/aromatic N) is 2. The lowest BCUT2D eigenvalue weighted by molar-refractivity contribution is -0.274. The average Bonchev–Trinajstić information content (AvgIpc) is 2.30. The highest BCUT2D eigenvalue weighted by Gasteiger charge is 2.51. The number of hydrogen-bond donors (Lipinski definition) is 0. The summed E-state index contributed by atoms with van der Waals surface area (Å²) in [6.45, 7) is 1.66. The van der Waals surface area contributed by atoms with Crippen molar-refractivity contribution in [1.29, 1.82) is 0 Å². The molecule has 1 aliphatic carbocycles. The Bertz CT molecular complexity index is 516. The first-order valence-electron chi connectivity index (χ1n) is 6.78. The standard InChI is InChI=1S/C14H15F3N2O2/c15-14(16,17)21-12-2-1-11(18-6-12)3-10-4-13(5-10)7-19(8-13)9-20/h1-2,6,9-10H,3-5,7-8H2. The number of pyridine rings is 1. The number of carbonyl (C=O) groups is 1. The smallest absolute Gasteiger partial charge is 0.404 e. The van der Waals surface area contributed by atoms with Crippen molar-refractivity contribution in [3.63, 3.8) is 0 Å². The topological polar surface area (TPSA) is 42.4 Å². The normalized spacial score (nSPS) is 20.8. The van der Waals surface area contributed by atoms with Gasteiger partial charge < -0.3 is 9.64 Å². The van der Waals surface area contributed by atoms with Crippen LogP contribution in [0.5, 0.6) is 5.75 Å². The quantitative estimate of drug-likeness (QED) is 0.802. The summed E-state index contributed by atoms with van der Waals surface area (Å²) in [5, 5.41) is 0. The number of likely N-dealkylation sites (tertiary alicyclic amines) is 1. The largest absolute Gasteiger partial charge is 0.573 e. The van der Waals surface area contributed by atoms with Crippen LogP contribution in [-0.2, 0) is 11.2 Å². The molecular formula is C14H15F3N2O2. The van der Waals surface area contributed by atoms with Crippen molar-refractivity contribution in [3.05, 3.63) is 24.0 Å². The minimum atomic E-state index is -4.68. The summed E-state index contributed by atoms with van der Waals surface area (Å²) >= 11 is 0. The van der Waals surface area contributed by atoms with Gasteiger partial charge in [-0.3, -0.25) is 9.78 Å². The van der Waals surface area contributed by atoms with Gasteiger partial charge in [-0.1, -0.05) is 0 Å². The summed E-state index contributed by atoms with van der Waals surface area (Å²) in [7, 11) is 0. The second-order valence-corrected chi connectivity index (χ2v) is 6.02. The van der Waals surface area contributed by atoms with Crippen molar-refractivity contribution in [2.24, 2.45) is 11.3 Å². The van der Waals surface area contributed by atoms with Crippen LogP contribution in [0.25, 0.3) is 0 Å². The molecule has 1 spiro atoms. The zero-order valence-corrected chi connectivity index (χ0v) is 11.3. The van der Waals surface area contributed by atoms with Crippen LogP contribution in [0.15, 0.2) is 18.3 Å². The van der Waals surface area contributed by atoms with Gasteiger partial charge in [0.15, 0.2) is 0 Å². The highest BCUT2D eigenvalue weighted by Crippen LogP contribution is 2.52. The van der Waals surface area contributed by atoms with Gasteiger partial charge in [0.1, 0.15) is 5.75 Å². The van der Waals surface area contributed by atoms with E-state index in [9.17, 15) is 18.0 Å². The van der Waals surface area contributed by atoms with Crippen molar-refractivity contribution in [2.45, 2.75) is 25.6 Å². The van der Waals surface area contributed by atoms with Crippen LogP contribution in [0.4, 0.5) is 13.2 Å². The van der Waals surface area contributed by atoms with Gasteiger partial charge in [-0.05, 0) is 37.3 Å². The lowest BCUT2D eigenvalue weighted by Crippen LogP contribution is -2.61. The minimum Gasteiger partial charge on any atom is -0.404 e. The Morgan fingerprint density at radius 3 is 2.62 bits per heavy atom. The van der Waals surface area contributed by atoms with E-state index in [0.717, 1.165) is 50.7 Å². The summed E-state index contributed by atoms with van der Waals surface area (Å²) in [6.07, 6.45) is 0.168. The fourth-order valence-corrected chi connectivity index (χ4v) is 3.48. The summed E-state index contributed by atoms with van der Waals surface area (Å²) in [5.41, 5.74) is 1.07. The molecule has 3 rings (SSSR count). The molecule has 1 saturated heterocycles. The average molecular weight is 300 g/mol. The molecule has 1 aromatic heterocycles. The molecule has 0 radical (unpaired) electrons. The van der Waals surface area contributed by atoms with Crippen LogP contribution < -0.4 is 4.74 Å². The molecule has 7 heteroatoms. The number of halogens is 3. The Morgan fingerprint density at radius 2 is 2.10 bits per heavy atom. The van der Waals surface area contributed by atoms with Crippen LogP contribution in [-0.4, -0.2) is 35.7 Å². The minimum absolute atomic E-state index is 0.294. The van der Waals surface area contributed by atoms with Crippen LogP contribution >= 0.6 is 0 Å². The second-order valence-electron chi connectivity index (χ2n) is 6.02.